The number of carbonyl (C=O) groups is 2. The number of nitrogens with zero attached hydrogens (tertiary/aromatic N) is 2. The van der Waals surface area contributed by atoms with Crippen LogP contribution in [-0.2, 0) is 9.53 Å². The second-order valence-electron chi connectivity index (χ2n) is 4.02. The number of hydrogen-bond donors (Lipinski definition) is 2. The maximum absolute atomic E-state index is 11.9. The topological polar surface area (TPSA) is 103 Å². The van der Waals surface area contributed by atoms with Crippen LogP contribution in [0.25, 0.3) is 0 Å². The van der Waals surface area contributed by atoms with Crippen LogP contribution in [0.2, 0.25) is 0 Å². The first kappa shape index (κ1) is 17.2. The van der Waals surface area contributed by atoms with Crippen molar-refractivity contribution in [2.45, 2.75) is 19.8 Å². The van der Waals surface area contributed by atoms with Gasteiger partial charge in [0.15, 0.2) is 0 Å². The molecule has 0 heterocycles. The van der Waals surface area contributed by atoms with Crippen molar-refractivity contribution in [2.24, 2.45) is 5.92 Å². The Morgan fingerprint density at radius 2 is 2.16 bits per heavy atom. The molecule has 1 atom stereocenters. The molecule has 7 nitrogen and oxygen atoms in total. The Kier molecular flexibility index (Phi) is 9.18. The van der Waals surface area contributed by atoms with E-state index in [0.29, 0.717) is 26.1 Å². The first-order valence-corrected chi connectivity index (χ1v) is 6.18. The van der Waals surface area contributed by atoms with Crippen LogP contribution >= 0.6 is 0 Å². The third-order valence-corrected chi connectivity index (χ3v) is 2.69. The molecule has 0 aromatic carbocycles. The molecular weight excluding hydrogens is 250 g/mol. The Balaban J connectivity index is 4.29. The molecule has 0 fully saturated rings. The quantitative estimate of drug-likeness (QED) is 0.641. The fourth-order valence-electron chi connectivity index (χ4n) is 1.43. The van der Waals surface area contributed by atoms with Gasteiger partial charge >= 0.3 is 12.0 Å². The van der Waals surface area contributed by atoms with Gasteiger partial charge in [-0.3, -0.25) is 4.79 Å². The second kappa shape index (κ2) is 10.1. The van der Waals surface area contributed by atoms with Gasteiger partial charge in [-0.2, -0.15) is 5.26 Å². The molecular formula is C12H21N3O4. The fourth-order valence-corrected chi connectivity index (χ4v) is 1.43. The Morgan fingerprint density at radius 3 is 2.63 bits per heavy atom. The maximum atomic E-state index is 11.9. The summed E-state index contributed by atoms with van der Waals surface area (Å²) in [5, 5.41) is 20.0. The predicted molar refractivity (Wildman–Crippen MR) is 68.5 cm³/mol. The molecule has 2 amide bonds. The van der Waals surface area contributed by atoms with Crippen molar-refractivity contribution in [3.8, 4) is 6.07 Å². The van der Waals surface area contributed by atoms with E-state index in [0.717, 1.165) is 0 Å². The van der Waals surface area contributed by atoms with E-state index < -0.39 is 11.9 Å². The molecule has 0 aliphatic carbocycles. The van der Waals surface area contributed by atoms with E-state index in [9.17, 15) is 9.59 Å². The molecule has 0 radical (unpaired) electrons. The van der Waals surface area contributed by atoms with Crippen molar-refractivity contribution in [3.05, 3.63) is 0 Å². The largest absolute Gasteiger partial charge is 0.481 e. The molecule has 0 saturated heterocycles. The lowest BCUT2D eigenvalue weighted by atomic mass is 10.1. The Labute approximate surface area is 113 Å². The van der Waals surface area contributed by atoms with E-state index in [1.807, 2.05) is 6.07 Å². The minimum Gasteiger partial charge on any atom is -0.481 e. The van der Waals surface area contributed by atoms with Gasteiger partial charge in [-0.25, -0.2) is 4.79 Å². The van der Waals surface area contributed by atoms with Gasteiger partial charge in [0.2, 0.25) is 0 Å². The van der Waals surface area contributed by atoms with Gasteiger partial charge in [-0.05, 0) is 6.42 Å². The molecule has 0 rings (SSSR count). The third kappa shape index (κ3) is 7.26. The maximum Gasteiger partial charge on any atom is 0.317 e. The molecule has 2 N–H and O–H groups in total. The highest BCUT2D eigenvalue weighted by Gasteiger charge is 2.18. The van der Waals surface area contributed by atoms with Crippen LogP contribution in [0.1, 0.15) is 19.8 Å². The normalized spacial score (nSPS) is 11.4. The Hall–Kier alpha value is -1.81. The van der Waals surface area contributed by atoms with E-state index in [-0.39, 0.29) is 19.0 Å². The first-order chi connectivity index (χ1) is 9.06. The summed E-state index contributed by atoms with van der Waals surface area (Å²) in [4.78, 5) is 24.1. The number of rotatable bonds is 9. The summed E-state index contributed by atoms with van der Waals surface area (Å²) in [5.74, 6) is -1.52. The molecule has 7 heteroatoms. The number of hydrogen-bond acceptors (Lipinski definition) is 4. The van der Waals surface area contributed by atoms with Crippen molar-refractivity contribution in [3.63, 3.8) is 0 Å². The molecule has 0 saturated carbocycles. The van der Waals surface area contributed by atoms with Crippen LogP contribution in [0.3, 0.4) is 0 Å². The average molecular weight is 271 g/mol. The van der Waals surface area contributed by atoms with Crippen molar-refractivity contribution >= 4 is 12.0 Å². The molecule has 0 aromatic rings. The van der Waals surface area contributed by atoms with Gasteiger partial charge < -0.3 is 20.1 Å². The molecule has 0 aliphatic heterocycles. The second-order valence-corrected chi connectivity index (χ2v) is 4.02. The van der Waals surface area contributed by atoms with E-state index in [4.69, 9.17) is 15.1 Å². The van der Waals surface area contributed by atoms with Crippen molar-refractivity contribution < 1.29 is 19.4 Å². The molecule has 0 aliphatic rings. The molecule has 0 aromatic heterocycles. The number of ether oxygens (including phenoxy) is 1. The number of methoxy groups -OCH3 is 1. The summed E-state index contributed by atoms with van der Waals surface area (Å²) in [5.41, 5.74) is 0. The minimum absolute atomic E-state index is 0.0840. The van der Waals surface area contributed by atoms with Crippen molar-refractivity contribution in [1.82, 2.24) is 10.2 Å². The van der Waals surface area contributed by atoms with Gasteiger partial charge in [-0.15, -0.1) is 0 Å². The lowest BCUT2D eigenvalue weighted by Crippen LogP contribution is -2.44. The Morgan fingerprint density at radius 1 is 1.47 bits per heavy atom. The average Bonchev–Trinajstić information content (AvgIpc) is 2.39. The number of amides is 2. The molecule has 0 spiro atoms. The van der Waals surface area contributed by atoms with E-state index in [2.05, 4.69) is 5.32 Å². The lowest BCUT2D eigenvalue weighted by Gasteiger charge is -2.22. The summed E-state index contributed by atoms with van der Waals surface area (Å²) in [6.45, 7) is 2.88. The number of aliphatic carboxylic acids is 1. The summed E-state index contributed by atoms with van der Waals surface area (Å²) < 4.78 is 4.89. The number of nitrogens with one attached hydrogen (secondary N) is 1. The van der Waals surface area contributed by atoms with E-state index in [1.165, 1.54) is 12.0 Å². The zero-order valence-electron chi connectivity index (χ0n) is 11.4. The smallest absolute Gasteiger partial charge is 0.317 e. The first-order valence-electron chi connectivity index (χ1n) is 6.18. The minimum atomic E-state index is -0.928. The zero-order valence-corrected chi connectivity index (χ0v) is 11.4. The van der Waals surface area contributed by atoms with E-state index in [1.54, 1.807) is 6.92 Å². The van der Waals surface area contributed by atoms with Crippen molar-refractivity contribution in [2.75, 3.05) is 33.4 Å². The summed E-state index contributed by atoms with van der Waals surface area (Å²) >= 11 is 0. The summed E-state index contributed by atoms with van der Waals surface area (Å²) in [7, 11) is 1.53. The van der Waals surface area contributed by atoms with E-state index >= 15 is 0 Å². The summed E-state index contributed by atoms with van der Waals surface area (Å²) in [6.07, 6.45) is 0.680. The number of carboxylic acid groups (broad SMARTS) is 1. The van der Waals surface area contributed by atoms with Gasteiger partial charge in [0, 0.05) is 26.7 Å². The molecule has 19 heavy (non-hydrogen) atoms. The van der Waals surface area contributed by atoms with Crippen LogP contribution in [0.4, 0.5) is 4.79 Å². The number of nitriles is 1. The van der Waals surface area contributed by atoms with Crippen LogP contribution in [0, 0.1) is 17.2 Å². The zero-order chi connectivity index (χ0) is 14.7. The van der Waals surface area contributed by atoms with Crippen LogP contribution in [0.15, 0.2) is 0 Å². The van der Waals surface area contributed by atoms with Crippen molar-refractivity contribution in [1.29, 1.82) is 5.26 Å². The van der Waals surface area contributed by atoms with Crippen LogP contribution in [-0.4, -0.2) is 55.4 Å². The van der Waals surface area contributed by atoms with Gasteiger partial charge in [0.25, 0.3) is 0 Å². The molecule has 108 valence electrons. The lowest BCUT2D eigenvalue weighted by molar-refractivity contribution is -0.141. The molecule has 0 bridgehead atoms. The molecule has 1 unspecified atom stereocenters. The number of carboxylic acids is 1. The summed E-state index contributed by atoms with van der Waals surface area (Å²) in [6, 6.07) is 1.60. The third-order valence-electron chi connectivity index (χ3n) is 2.69. The number of carbonyl (C=O) groups excluding carboxylic acids is 1. The van der Waals surface area contributed by atoms with Gasteiger partial charge in [0.1, 0.15) is 0 Å². The highest BCUT2D eigenvalue weighted by molar-refractivity contribution is 5.76. The highest BCUT2D eigenvalue weighted by Crippen LogP contribution is 2.01. The SMILES string of the molecule is CCC(CNC(=O)N(CCC#N)CCOC)C(=O)O. The Bertz CT molecular complexity index is 327. The number of urea groups is 1. The highest BCUT2D eigenvalue weighted by atomic mass is 16.5. The standard InChI is InChI=1S/C12H21N3O4/c1-3-10(11(16)17)9-14-12(18)15(6-4-5-13)7-8-19-2/h10H,3-4,6-9H2,1-2H3,(H,14,18)(H,16,17). The monoisotopic (exact) mass is 271 g/mol. The van der Waals surface area contributed by atoms with Crippen LogP contribution < -0.4 is 5.32 Å². The fraction of sp³-hybridized carbons (Fsp3) is 0.750. The van der Waals surface area contributed by atoms with Crippen LogP contribution in [0.5, 0.6) is 0 Å². The van der Waals surface area contributed by atoms with Gasteiger partial charge in [0.05, 0.1) is 25.0 Å². The predicted octanol–water partition coefficient (Wildman–Crippen LogP) is 0.669. The van der Waals surface area contributed by atoms with Gasteiger partial charge in [-0.1, -0.05) is 6.92 Å².